The molecule has 1 saturated heterocycles. The van der Waals surface area contributed by atoms with Crippen molar-refractivity contribution in [2.75, 3.05) is 6.61 Å². The van der Waals surface area contributed by atoms with Crippen LogP contribution < -0.4 is 5.43 Å². The van der Waals surface area contributed by atoms with Crippen LogP contribution in [0.3, 0.4) is 0 Å². The number of hydrogen-bond donors (Lipinski definition) is 3. The Kier molecular flexibility index (Phi) is 3.51. The van der Waals surface area contributed by atoms with Crippen LogP contribution in [0.15, 0.2) is 0 Å². The summed E-state index contributed by atoms with van der Waals surface area (Å²) in [5.41, 5.74) is 2.42. The minimum atomic E-state index is -2.75. The zero-order valence-corrected chi connectivity index (χ0v) is 9.43. The number of carbonyl (C=O) groups is 2. The molecule has 0 spiro atoms. The van der Waals surface area contributed by atoms with Gasteiger partial charge in [0.05, 0.1) is 6.61 Å². The summed E-state index contributed by atoms with van der Waals surface area (Å²) in [5, 5.41) is 20.1. The maximum Gasteiger partial charge on any atom is 0.331 e. The Balaban J connectivity index is 2.89. The molecule has 1 fully saturated rings. The van der Waals surface area contributed by atoms with Crippen LogP contribution in [0, 0.1) is 0 Å². The van der Waals surface area contributed by atoms with Gasteiger partial charge in [0.2, 0.25) is 0 Å². The van der Waals surface area contributed by atoms with Gasteiger partial charge in [0, 0.05) is 6.04 Å². The second-order valence-corrected chi connectivity index (χ2v) is 3.81. The largest absolute Gasteiger partial charge is 0.465 e. The van der Waals surface area contributed by atoms with Gasteiger partial charge in [0.25, 0.3) is 11.7 Å². The summed E-state index contributed by atoms with van der Waals surface area (Å²) in [6.45, 7) is 5.04. The second kappa shape index (κ2) is 4.36. The van der Waals surface area contributed by atoms with Crippen LogP contribution in [0.4, 0.5) is 0 Å². The van der Waals surface area contributed by atoms with Crippen LogP contribution in [0.2, 0.25) is 0 Å². The van der Waals surface area contributed by atoms with Crippen LogP contribution in [-0.2, 0) is 14.3 Å². The molecule has 0 radical (unpaired) electrons. The van der Waals surface area contributed by atoms with Crippen molar-refractivity contribution in [1.82, 2.24) is 10.4 Å². The third kappa shape index (κ3) is 2.01. The minimum absolute atomic E-state index is 0.100. The summed E-state index contributed by atoms with van der Waals surface area (Å²) in [5.74, 6) is -4.58. The Morgan fingerprint density at radius 1 is 1.62 bits per heavy atom. The van der Waals surface area contributed by atoms with Gasteiger partial charge in [-0.3, -0.25) is 14.6 Å². The third-order valence-corrected chi connectivity index (χ3v) is 2.24. The molecule has 7 nitrogen and oxygen atoms in total. The molecule has 0 aromatic rings. The van der Waals surface area contributed by atoms with E-state index in [1.807, 2.05) is 0 Å². The Morgan fingerprint density at radius 2 is 2.19 bits per heavy atom. The van der Waals surface area contributed by atoms with Crippen LogP contribution >= 0.6 is 0 Å². The number of aliphatic hydroxyl groups is 2. The first-order chi connectivity index (χ1) is 7.32. The molecule has 0 aliphatic carbocycles. The van der Waals surface area contributed by atoms with Gasteiger partial charge in [-0.25, -0.2) is 5.43 Å². The lowest BCUT2D eigenvalue weighted by molar-refractivity contribution is -0.194. The van der Waals surface area contributed by atoms with Gasteiger partial charge in [-0.2, -0.15) is 0 Å². The predicted molar refractivity (Wildman–Crippen MR) is 52.7 cm³/mol. The summed E-state index contributed by atoms with van der Waals surface area (Å²) in [7, 11) is 0. The first-order valence-corrected chi connectivity index (χ1v) is 5.03. The number of carbonyl (C=O) groups excluding carboxylic acids is 2. The predicted octanol–water partition coefficient (Wildman–Crippen LogP) is -1.65. The standard InChI is InChI=1S/C9H16N2O5/c1-4-16-7(12)6-9(14,15)8(13)11(10-6)5(2)3/h5-6,10,14-15H,4H2,1-3H3. The van der Waals surface area contributed by atoms with Crippen molar-refractivity contribution in [3.05, 3.63) is 0 Å². The van der Waals surface area contributed by atoms with Crippen molar-refractivity contribution < 1.29 is 24.5 Å². The Labute approximate surface area is 93.0 Å². The highest BCUT2D eigenvalue weighted by Gasteiger charge is 2.57. The highest BCUT2D eigenvalue weighted by atomic mass is 16.6. The van der Waals surface area contributed by atoms with Crippen molar-refractivity contribution in [1.29, 1.82) is 0 Å². The van der Waals surface area contributed by atoms with Crippen LogP contribution in [-0.4, -0.2) is 51.6 Å². The van der Waals surface area contributed by atoms with E-state index in [4.69, 9.17) is 0 Å². The van der Waals surface area contributed by atoms with Gasteiger partial charge in [-0.15, -0.1) is 0 Å². The van der Waals surface area contributed by atoms with E-state index in [9.17, 15) is 19.8 Å². The maximum absolute atomic E-state index is 11.5. The van der Waals surface area contributed by atoms with Crippen molar-refractivity contribution in [2.45, 2.75) is 38.6 Å². The van der Waals surface area contributed by atoms with E-state index in [2.05, 4.69) is 10.2 Å². The first kappa shape index (κ1) is 12.9. The van der Waals surface area contributed by atoms with E-state index in [0.717, 1.165) is 5.01 Å². The smallest absolute Gasteiger partial charge is 0.331 e. The Bertz CT molecular complexity index is 302. The van der Waals surface area contributed by atoms with Gasteiger partial charge in [-0.1, -0.05) is 0 Å². The highest BCUT2D eigenvalue weighted by molar-refractivity contribution is 5.94. The fraction of sp³-hybridized carbons (Fsp3) is 0.778. The Morgan fingerprint density at radius 3 is 2.56 bits per heavy atom. The molecule has 3 N–H and O–H groups in total. The molecule has 1 amide bonds. The zero-order chi connectivity index (χ0) is 12.5. The molecule has 16 heavy (non-hydrogen) atoms. The molecular weight excluding hydrogens is 216 g/mol. The first-order valence-electron chi connectivity index (χ1n) is 5.03. The normalized spacial score (nSPS) is 24.0. The van der Waals surface area contributed by atoms with Gasteiger partial charge in [0.15, 0.2) is 6.04 Å². The number of ether oxygens (including phenoxy) is 1. The van der Waals surface area contributed by atoms with E-state index in [1.165, 1.54) is 0 Å². The molecule has 1 unspecified atom stereocenters. The Hall–Kier alpha value is -1.18. The third-order valence-electron chi connectivity index (χ3n) is 2.24. The molecule has 1 rings (SSSR count). The topological polar surface area (TPSA) is 99.1 Å². The number of rotatable bonds is 3. The van der Waals surface area contributed by atoms with E-state index in [-0.39, 0.29) is 12.6 Å². The van der Waals surface area contributed by atoms with Crippen molar-refractivity contribution in [2.24, 2.45) is 0 Å². The molecule has 0 saturated carbocycles. The number of hydrazine groups is 1. The number of amides is 1. The summed E-state index contributed by atoms with van der Waals surface area (Å²) < 4.78 is 4.64. The van der Waals surface area contributed by atoms with Crippen LogP contribution in [0.1, 0.15) is 20.8 Å². The quantitative estimate of drug-likeness (QED) is 0.398. The van der Waals surface area contributed by atoms with Crippen LogP contribution in [0.25, 0.3) is 0 Å². The molecule has 1 aliphatic rings. The minimum Gasteiger partial charge on any atom is -0.465 e. The number of nitrogens with zero attached hydrogens (tertiary/aromatic N) is 1. The van der Waals surface area contributed by atoms with Gasteiger partial charge >= 0.3 is 5.97 Å². The van der Waals surface area contributed by atoms with Crippen molar-refractivity contribution in [3.63, 3.8) is 0 Å². The van der Waals surface area contributed by atoms with Crippen LogP contribution in [0.5, 0.6) is 0 Å². The van der Waals surface area contributed by atoms with Crippen molar-refractivity contribution >= 4 is 11.9 Å². The summed E-state index contributed by atoms with van der Waals surface area (Å²) in [6, 6.07) is -1.78. The van der Waals surface area contributed by atoms with Crippen molar-refractivity contribution in [3.8, 4) is 0 Å². The lowest BCUT2D eigenvalue weighted by Gasteiger charge is -2.20. The SMILES string of the molecule is CCOC(=O)C1NN(C(C)C)C(=O)C1(O)O. The lowest BCUT2D eigenvalue weighted by atomic mass is 10.1. The van der Waals surface area contributed by atoms with E-state index >= 15 is 0 Å². The lowest BCUT2D eigenvalue weighted by Crippen LogP contribution is -2.51. The maximum atomic E-state index is 11.5. The molecule has 0 aromatic carbocycles. The number of nitrogens with one attached hydrogen (secondary N) is 1. The molecule has 0 bridgehead atoms. The summed E-state index contributed by atoms with van der Waals surface area (Å²) >= 11 is 0. The fourth-order valence-corrected chi connectivity index (χ4v) is 1.41. The van der Waals surface area contributed by atoms with Gasteiger partial charge < -0.3 is 14.9 Å². The van der Waals surface area contributed by atoms with E-state index in [1.54, 1.807) is 20.8 Å². The summed E-state index contributed by atoms with van der Waals surface area (Å²) in [4.78, 5) is 22.9. The fourth-order valence-electron chi connectivity index (χ4n) is 1.41. The second-order valence-electron chi connectivity index (χ2n) is 3.81. The molecule has 1 atom stereocenters. The molecule has 0 aromatic heterocycles. The molecular formula is C9H16N2O5. The molecule has 92 valence electrons. The molecule has 1 aliphatic heterocycles. The molecule has 7 heteroatoms. The summed E-state index contributed by atoms with van der Waals surface area (Å²) in [6.07, 6.45) is 0. The zero-order valence-electron chi connectivity index (χ0n) is 9.43. The average molecular weight is 232 g/mol. The molecule has 1 heterocycles. The van der Waals surface area contributed by atoms with E-state index < -0.39 is 23.7 Å². The number of hydrogen-bond acceptors (Lipinski definition) is 6. The van der Waals surface area contributed by atoms with Gasteiger partial charge in [0.1, 0.15) is 0 Å². The monoisotopic (exact) mass is 232 g/mol. The number of esters is 1. The van der Waals surface area contributed by atoms with E-state index in [0.29, 0.717) is 0 Å². The average Bonchev–Trinajstić information content (AvgIpc) is 2.39. The van der Waals surface area contributed by atoms with Gasteiger partial charge in [-0.05, 0) is 20.8 Å². The highest BCUT2D eigenvalue weighted by Crippen LogP contribution is 2.21.